The summed E-state index contributed by atoms with van der Waals surface area (Å²) in [6.45, 7) is 4.63. The van der Waals surface area contributed by atoms with Gasteiger partial charge in [-0.1, -0.05) is 277 Å². The van der Waals surface area contributed by atoms with E-state index in [2.05, 4.69) is 161 Å². The van der Waals surface area contributed by atoms with Gasteiger partial charge >= 0.3 is 39.5 Å². The minimum atomic E-state index is -5.00. The van der Waals surface area contributed by atoms with Crippen LogP contribution in [0.2, 0.25) is 0 Å². The first-order valence-corrected chi connectivity index (χ1v) is 44.4. The highest BCUT2D eigenvalue weighted by Crippen LogP contribution is 2.45. The van der Waals surface area contributed by atoms with Gasteiger partial charge in [0, 0.05) is 25.7 Å². The second kappa shape index (κ2) is 78.3. The number of hydrogen-bond acceptors (Lipinski definition) is 15. The topological polar surface area (TPSA) is 237 Å². The zero-order chi connectivity index (χ0) is 77.4. The van der Waals surface area contributed by atoms with E-state index in [-0.39, 0.29) is 25.7 Å². The van der Waals surface area contributed by atoms with E-state index in [9.17, 15) is 43.2 Å². The Morgan fingerprint density at radius 3 is 0.802 bits per heavy atom. The fourth-order valence-corrected chi connectivity index (χ4v) is 12.3. The van der Waals surface area contributed by atoms with Crippen LogP contribution in [0.15, 0.2) is 134 Å². The maximum Gasteiger partial charge on any atom is 0.472 e. The van der Waals surface area contributed by atoms with Crippen LogP contribution < -0.4 is 0 Å². The fraction of sp³-hybridized carbons (Fsp3) is 0.701. The average molecular weight is 1530 g/mol. The predicted molar refractivity (Wildman–Crippen MR) is 436 cm³/mol. The zero-order valence-corrected chi connectivity index (χ0v) is 68.4. The van der Waals surface area contributed by atoms with Crippen LogP contribution >= 0.6 is 15.6 Å². The molecule has 0 aromatic heterocycles. The van der Waals surface area contributed by atoms with Crippen LogP contribution in [0.4, 0.5) is 0 Å². The molecule has 0 aromatic rings. The molecule has 0 heterocycles. The summed E-state index contributed by atoms with van der Waals surface area (Å²) in [4.78, 5) is 73.1. The number of phosphoric acid groups is 2. The number of hydrogen-bond donors (Lipinski definition) is 3. The highest BCUT2D eigenvalue weighted by Gasteiger charge is 2.30. The molecule has 0 bridgehead atoms. The van der Waals surface area contributed by atoms with E-state index in [1.807, 2.05) is 0 Å². The summed E-state index contributed by atoms with van der Waals surface area (Å²) in [7, 11) is -9.99. The van der Waals surface area contributed by atoms with Gasteiger partial charge in [-0.2, -0.15) is 0 Å². The van der Waals surface area contributed by atoms with Gasteiger partial charge in [0.2, 0.25) is 0 Å². The van der Waals surface area contributed by atoms with E-state index < -0.39 is 97.5 Å². The molecule has 19 heteroatoms. The normalized spacial score (nSPS) is 14.5. The van der Waals surface area contributed by atoms with Crippen LogP contribution in [-0.2, 0) is 65.4 Å². The quantitative estimate of drug-likeness (QED) is 0.0169. The molecule has 0 fully saturated rings. The second-order valence-electron chi connectivity index (χ2n) is 27.3. The van der Waals surface area contributed by atoms with Crippen molar-refractivity contribution in [1.82, 2.24) is 0 Å². The number of aliphatic hydroxyl groups excluding tert-OH is 1. The van der Waals surface area contributed by atoms with Gasteiger partial charge in [-0.3, -0.25) is 37.3 Å². The third-order valence-corrected chi connectivity index (χ3v) is 19.0. The van der Waals surface area contributed by atoms with Crippen LogP contribution in [0.1, 0.15) is 336 Å². The molecule has 0 spiro atoms. The fourth-order valence-electron chi connectivity index (χ4n) is 10.7. The molecule has 0 aliphatic rings. The molecule has 0 aromatic carbocycles. The summed E-state index contributed by atoms with van der Waals surface area (Å²) in [5.41, 5.74) is 0. The third-order valence-electron chi connectivity index (χ3n) is 17.1. The third kappa shape index (κ3) is 77.4. The summed E-state index contributed by atoms with van der Waals surface area (Å²) in [6, 6.07) is 0. The molecule has 0 aliphatic heterocycles. The molecule has 0 rings (SSSR count). The standard InChI is InChI=1S/C87H148O17P2/c1-5-9-13-17-21-25-29-33-36-38-40-42-45-48-51-55-59-63-67-71-84(89)97-77-82(103-86(91)73-69-65-61-57-53-47-32-28-24-20-16-12-8-4)79-101-105(93,94)99-75-81(88)76-100-106(95,96)102-80-83(104-87(92)74-70-66-62-58-54-50-44-35-31-27-23-19-15-11-7-3)78-98-85(90)72-68-64-60-56-52-49-46-43-41-39-37-34-30-26-22-18-14-10-6-2/h11,15,21-23,25-28,32-37,40-44,54,58,81-83,88H,5-10,12-14,16-20,24,29-31,38-39,45-53,55-57,59-80H2,1-4H3,(H,93,94)(H,95,96)/b15-11-,25-21-,26-22-,27-23-,32-28-,36-33-,37-34-,42-40-,43-41-,44-35-,58-54-. The number of rotatable bonds is 77. The van der Waals surface area contributed by atoms with Crippen molar-refractivity contribution in [1.29, 1.82) is 0 Å². The van der Waals surface area contributed by atoms with E-state index in [0.717, 1.165) is 186 Å². The van der Waals surface area contributed by atoms with E-state index in [1.54, 1.807) is 0 Å². The van der Waals surface area contributed by atoms with Crippen LogP contribution in [0.3, 0.4) is 0 Å². The van der Waals surface area contributed by atoms with Crippen molar-refractivity contribution in [3.63, 3.8) is 0 Å². The number of carbonyl (C=O) groups excluding carboxylic acids is 4. The molecule has 5 atom stereocenters. The van der Waals surface area contributed by atoms with Crippen LogP contribution in [-0.4, -0.2) is 96.7 Å². The van der Waals surface area contributed by atoms with Gasteiger partial charge < -0.3 is 33.8 Å². The summed E-state index contributed by atoms with van der Waals surface area (Å²) in [6.07, 6.45) is 88.5. The number of allylic oxidation sites excluding steroid dienone is 22. The molecule has 608 valence electrons. The van der Waals surface area contributed by atoms with Crippen molar-refractivity contribution in [3.05, 3.63) is 134 Å². The Labute approximate surface area is 644 Å². The molecule has 0 aliphatic carbocycles. The van der Waals surface area contributed by atoms with Gasteiger partial charge in [0.05, 0.1) is 26.4 Å². The molecule has 3 N–H and O–H groups in total. The molecule has 106 heavy (non-hydrogen) atoms. The van der Waals surface area contributed by atoms with Crippen molar-refractivity contribution in [2.75, 3.05) is 39.6 Å². The molecular formula is C87H148O17P2. The van der Waals surface area contributed by atoms with Gasteiger partial charge in [0.15, 0.2) is 12.2 Å². The van der Waals surface area contributed by atoms with E-state index in [0.29, 0.717) is 32.1 Å². The number of esters is 4. The monoisotopic (exact) mass is 1530 g/mol. The lowest BCUT2D eigenvalue weighted by molar-refractivity contribution is -0.161. The summed E-state index contributed by atoms with van der Waals surface area (Å²) < 4.78 is 68.6. The maximum atomic E-state index is 13.1. The molecular weight excluding hydrogens is 1380 g/mol. The second-order valence-corrected chi connectivity index (χ2v) is 30.2. The smallest absolute Gasteiger partial charge is 0.462 e. The van der Waals surface area contributed by atoms with E-state index in [1.165, 1.54) is 64.2 Å². The molecule has 0 amide bonds. The van der Waals surface area contributed by atoms with Crippen molar-refractivity contribution in [2.45, 2.75) is 354 Å². The van der Waals surface area contributed by atoms with Crippen molar-refractivity contribution >= 4 is 39.5 Å². The van der Waals surface area contributed by atoms with Gasteiger partial charge in [-0.15, -0.1) is 0 Å². The average Bonchev–Trinajstić information content (AvgIpc) is 0.903. The Morgan fingerprint density at radius 2 is 0.491 bits per heavy atom. The van der Waals surface area contributed by atoms with Gasteiger partial charge in [0.1, 0.15) is 19.3 Å². The van der Waals surface area contributed by atoms with Crippen LogP contribution in [0, 0.1) is 0 Å². The maximum absolute atomic E-state index is 13.1. The highest BCUT2D eigenvalue weighted by molar-refractivity contribution is 7.47. The van der Waals surface area contributed by atoms with Gasteiger partial charge in [-0.05, 0) is 167 Å². The number of ether oxygens (including phenoxy) is 4. The highest BCUT2D eigenvalue weighted by atomic mass is 31.2. The van der Waals surface area contributed by atoms with E-state index >= 15 is 0 Å². The van der Waals surface area contributed by atoms with Gasteiger partial charge in [0.25, 0.3) is 0 Å². The SMILES string of the molecule is CC/C=C\C/C=C\C/C=C\C/C=C\CCCCC(=O)OC(COC(=O)CCCCCCCC/C=C\C/C=C\C/C=C\CCCCC)COP(=O)(O)OCC(O)COP(=O)(O)OCC(COC(=O)CCCCCCCC/C=C\C/C=C\C/C=C\CCCCC)OC(=O)CCCCCCC/C=C\CCCCCC. The Bertz CT molecular complexity index is 2530. The Balaban J connectivity index is 5.40. The van der Waals surface area contributed by atoms with Crippen LogP contribution in [0.25, 0.3) is 0 Å². The molecule has 0 saturated carbocycles. The molecule has 17 nitrogen and oxygen atoms in total. The van der Waals surface area contributed by atoms with E-state index in [4.69, 9.17) is 37.0 Å². The predicted octanol–water partition coefficient (Wildman–Crippen LogP) is 24.4. The Kier molecular flexibility index (Phi) is 74.8. The lowest BCUT2D eigenvalue weighted by Crippen LogP contribution is -2.30. The number of aliphatic hydroxyl groups is 1. The lowest BCUT2D eigenvalue weighted by Gasteiger charge is -2.21. The van der Waals surface area contributed by atoms with Crippen molar-refractivity contribution < 1.29 is 80.2 Å². The Morgan fingerprint density at radius 1 is 0.274 bits per heavy atom. The molecule has 0 saturated heterocycles. The lowest BCUT2D eigenvalue weighted by atomic mass is 10.1. The Hall–Kier alpha value is -4.80. The summed E-state index contributed by atoms with van der Waals surface area (Å²) in [5.74, 6) is -2.26. The molecule has 5 unspecified atom stereocenters. The minimum absolute atomic E-state index is 0.0365. The minimum Gasteiger partial charge on any atom is -0.462 e. The summed E-state index contributed by atoms with van der Waals surface area (Å²) in [5, 5.41) is 10.7. The first-order valence-electron chi connectivity index (χ1n) is 41.4. The number of unbranched alkanes of at least 4 members (excludes halogenated alkanes) is 29. The van der Waals surface area contributed by atoms with Crippen molar-refractivity contribution in [2.24, 2.45) is 0 Å². The number of phosphoric ester groups is 2. The largest absolute Gasteiger partial charge is 0.472 e. The van der Waals surface area contributed by atoms with Crippen LogP contribution in [0.5, 0.6) is 0 Å². The van der Waals surface area contributed by atoms with Gasteiger partial charge in [-0.25, -0.2) is 9.13 Å². The summed E-state index contributed by atoms with van der Waals surface area (Å²) >= 11 is 0. The first kappa shape index (κ1) is 101. The first-order chi connectivity index (χ1) is 51.7. The zero-order valence-electron chi connectivity index (χ0n) is 66.6. The molecule has 0 radical (unpaired) electrons. The number of carbonyl (C=O) groups is 4. The van der Waals surface area contributed by atoms with Crippen molar-refractivity contribution in [3.8, 4) is 0 Å².